The van der Waals surface area contributed by atoms with Gasteiger partial charge in [0.05, 0.1) is 6.04 Å². The minimum Gasteiger partial charge on any atom is -0.489 e. The van der Waals surface area contributed by atoms with E-state index in [9.17, 15) is 19.5 Å². The van der Waals surface area contributed by atoms with Gasteiger partial charge in [0.2, 0.25) is 11.8 Å². The van der Waals surface area contributed by atoms with Gasteiger partial charge in [0.25, 0.3) is 0 Å². The molecule has 0 saturated heterocycles. The van der Waals surface area contributed by atoms with Gasteiger partial charge in [0, 0.05) is 25.5 Å². The number of alkyl carbamates (subject to hydrolysis) is 1. The Labute approximate surface area is 225 Å². The summed E-state index contributed by atoms with van der Waals surface area (Å²) in [5, 5.41) is 14.3. The predicted molar refractivity (Wildman–Crippen MR) is 145 cm³/mol. The zero-order chi connectivity index (χ0) is 28.0. The first-order valence-electron chi connectivity index (χ1n) is 13.0. The van der Waals surface area contributed by atoms with Gasteiger partial charge in [-0.1, -0.05) is 48.9 Å². The summed E-state index contributed by atoms with van der Waals surface area (Å²) < 4.78 is 10.9. The third-order valence-corrected chi connectivity index (χ3v) is 5.76. The highest BCUT2D eigenvalue weighted by molar-refractivity contribution is 5.97. The van der Waals surface area contributed by atoms with E-state index < -0.39 is 42.1 Å². The largest absolute Gasteiger partial charge is 0.489 e. The number of nitrogens with two attached hydrogens (primary N) is 1. The summed E-state index contributed by atoms with van der Waals surface area (Å²) >= 11 is 0. The Morgan fingerprint density at radius 3 is 2.26 bits per heavy atom. The van der Waals surface area contributed by atoms with Crippen LogP contribution in [0.5, 0.6) is 5.75 Å². The summed E-state index contributed by atoms with van der Waals surface area (Å²) in [6.07, 6.45) is 2.79. The Hall–Kier alpha value is -3.43. The summed E-state index contributed by atoms with van der Waals surface area (Å²) in [6.45, 7) is 5.21. The molecule has 0 aromatic heterocycles. The first kappa shape index (κ1) is 30.8. The van der Waals surface area contributed by atoms with Gasteiger partial charge in [-0.15, -0.1) is 0 Å². The first-order valence-corrected chi connectivity index (χ1v) is 13.0. The van der Waals surface area contributed by atoms with Crippen LogP contribution in [-0.4, -0.2) is 47.8 Å². The maximum atomic E-state index is 12.3. The van der Waals surface area contributed by atoms with Crippen molar-refractivity contribution in [1.82, 2.24) is 10.6 Å². The van der Waals surface area contributed by atoms with Crippen LogP contribution in [-0.2, 0) is 27.4 Å². The van der Waals surface area contributed by atoms with Crippen molar-refractivity contribution in [2.75, 3.05) is 13.2 Å². The van der Waals surface area contributed by atoms with Crippen molar-refractivity contribution in [1.29, 1.82) is 0 Å². The molecule has 0 aliphatic carbocycles. The number of amides is 3. The minimum atomic E-state index is -1.15. The van der Waals surface area contributed by atoms with E-state index in [-0.39, 0.29) is 13.0 Å². The molecule has 0 saturated carbocycles. The number of hydrogen-bond acceptors (Lipinski definition) is 7. The van der Waals surface area contributed by atoms with Crippen LogP contribution >= 0.6 is 0 Å². The fraction of sp³-hybridized carbons (Fsp3) is 0.483. The number of benzene rings is 2. The molecule has 9 heteroatoms. The van der Waals surface area contributed by atoms with Crippen molar-refractivity contribution < 1.29 is 29.0 Å². The van der Waals surface area contributed by atoms with Crippen molar-refractivity contribution in [2.24, 2.45) is 11.7 Å². The van der Waals surface area contributed by atoms with Gasteiger partial charge < -0.3 is 25.6 Å². The van der Waals surface area contributed by atoms with Gasteiger partial charge in [-0.05, 0) is 63.3 Å². The molecule has 0 bridgehead atoms. The number of carbonyl (C=O) groups excluding carboxylic acids is 3. The SMILES string of the molecule is CC(C)(C)OC(=O)NCC(CO)[C@H](N)C(=O)NC(=O)CCCCCc1ccc(OCc2ccccc2)cc1. The van der Waals surface area contributed by atoms with Crippen LogP contribution < -0.4 is 21.1 Å². The van der Waals surface area contributed by atoms with E-state index in [0.29, 0.717) is 13.0 Å². The van der Waals surface area contributed by atoms with Gasteiger partial charge in [0.1, 0.15) is 18.0 Å². The Bertz CT molecular complexity index is 1010. The molecule has 0 radical (unpaired) electrons. The average Bonchev–Trinajstić information content (AvgIpc) is 2.87. The van der Waals surface area contributed by atoms with Crippen LogP contribution in [0.4, 0.5) is 4.79 Å². The molecule has 1 unspecified atom stereocenters. The molecule has 3 amide bonds. The molecule has 0 spiro atoms. The lowest BCUT2D eigenvalue weighted by Crippen LogP contribution is -2.51. The topological polar surface area (TPSA) is 140 Å². The number of ether oxygens (including phenoxy) is 2. The normalized spacial score (nSPS) is 12.8. The monoisotopic (exact) mass is 527 g/mol. The van der Waals surface area contributed by atoms with Gasteiger partial charge in [-0.2, -0.15) is 0 Å². The quantitative estimate of drug-likeness (QED) is 0.276. The van der Waals surface area contributed by atoms with E-state index in [1.54, 1.807) is 20.8 Å². The number of hydrogen-bond donors (Lipinski definition) is 4. The summed E-state index contributed by atoms with van der Waals surface area (Å²) in [6, 6.07) is 16.9. The lowest BCUT2D eigenvalue weighted by Gasteiger charge is -2.23. The number of nitrogens with one attached hydrogen (secondary N) is 2. The van der Waals surface area contributed by atoms with Gasteiger partial charge in [-0.3, -0.25) is 14.9 Å². The maximum absolute atomic E-state index is 12.3. The van der Waals surface area contributed by atoms with Crippen molar-refractivity contribution >= 4 is 17.9 Å². The van der Waals surface area contributed by atoms with Crippen LogP contribution in [0.1, 0.15) is 57.6 Å². The number of carbonyl (C=O) groups is 3. The molecule has 0 aliphatic rings. The number of aliphatic hydroxyl groups excluding tert-OH is 1. The first-order chi connectivity index (χ1) is 18.1. The average molecular weight is 528 g/mol. The highest BCUT2D eigenvalue weighted by Gasteiger charge is 2.26. The zero-order valence-corrected chi connectivity index (χ0v) is 22.6. The van der Waals surface area contributed by atoms with Crippen molar-refractivity contribution in [3.63, 3.8) is 0 Å². The van der Waals surface area contributed by atoms with Crippen LogP contribution in [0, 0.1) is 5.92 Å². The Kier molecular flexibility index (Phi) is 12.8. The second kappa shape index (κ2) is 15.7. The second-order valence-corrected chi connectivity index (χ2v) is 10.2. The highest BCUT2D eigenvalue weighted by Crippen LogP contribution is 2.16. The molecule has 5 N–H and O–H groups in total. The fourth-order valence-electron chi connectivity index (χ4n) is 3.62. The summed E-state index contributed by atoms with van der Waals surface area (Å²) in [5.74, 6) is -1.04. The van der Waals surface area contributed by atoms with E-state index in [2.05, 4.69) is 10.6 Å². The van der Waals surface area contributed by atoms with Crippen LogP contribution in [0.15, 0.2) is 54.6 Å². The number of unbranched alkanes of at least 4 members (excludes halogenated alkanes) is 2. The second-order valence-electron chi connectivity index (χ2n) is 10.2. The van der Waals surface area contributed by atoms with E-state index >= 15 is 0 Å². The van der Waals surface area contributed by atoms with E-state index in [0.717, 1.165) is 30.6 Å². The molecule has 0 aliphatic heterocycles. The van der Waals surface area contributed by atoms with Crippen molar-refractivity contribution in [2.45, 2.75) is 71.1 Å². The Morgan fingerprint density at radius 2 is 1.63 bits per heavy atom. The smallest absolute Gasteiger partial charge is 0.407 e. The van der Waals surface area contributed by atoms with E-state index in [1.165, 1.54) is 5.56 Å². The third-order valence-electron chi connectivity index (χ3n) is 5.76. The molecule has 2 aromatic rings. The van der Waals surface area contributed by atoms with Crippen molar-refractivity contribution in [3.8, 4) is 5.75 Å². The Balaban J connectivity index is 1.62. The number of imide groups is 1. The van der Waals surface area contributed by atoms with E-state index in [1.807, 2.05) is 54.6 Å². The van der Waals surface area contributed by atoms with E-state index in [4.69, 9.17) is 15.2 Å². The third kappa shape index (κ3) is 12.2. The standard InChI is InChI=1S/C29H41N3O6/c1-29(2,3)38-28(36)31-18-23(19-33)26(30)27(35)32-25(34)13-9-5-6-10-21-14-16-24(17-15-21)37-20-22-11-7-4-8-12-22/h4,7-8,11-12,14-17,23,26,33H,5-6,9-10,13,18-20,30H2,1-3H3,(H,31,36)(H,32,34,35)/t23?,26-/m0/s1. The van der Waals surface area contributed by atoms with Crippen molar-refractivity contribution in [3.05, 3.63) is 65.7 Å². The molecule has 2 atom stereocenters. The number of aliphatic hydroxyl groups is 1. The molecule has 0 heterocycles. The molecule has 0 fully saturated rings. The van der Waals surface area contributed by atoms with Crippen LogP contribution in [0.3, 0.4) is 0 Å². The van der Waals surface area contributed by atoms with Crippen LogP contribution in [0.2, 0.25) is 0 Å². The number of aryl methyl sites for hydroxylation is 1. The lowest BCUT2D eigenvalue weighted by molar-refractivity contribution is -0.132. The highest BCUT2D eigenvalue weighted by atomic mass is 16.6. The predicted octanol–water partition coefficient (Wildman–Crippen LogP) is 3.47. The maximum Gasteiger partial charge on any atom is 0.407 e. The molecule has 2 aromatic carbocycles. The molecule has 9 nitrogen and oxygen atoms in total. The molecular formula is C29H41N3O6. The molecule has 38 heavy (non-hydrogen) atoms. The molecular weight excluding hydrogens is 486 g/mol. The molecule has 208 valence electrons. The number of rotatable bonds is 14. The van der Waals surface area contributed by atoms with Gasteiger partial charge >= 0.3 is 6.09 Å². The summed E-state index contributed by atoms with van der Waals surface area (Å²) in [5.41, 5.74) is 7.55. The summed E-state index contributed by atoms with van der Waals surface area (Å²) in [4.78, 5) is 36.3. The summed E-state index contributed by atoms with van der Waals surface area (Å²) in [7, 11) is 0. The lowest BCUT2D eigenvalue weighted by atomic mass is 10.0. The zero-order valence-electron chi connectivity index (χ0n) is 22.6. The fourth-order valence-corrected chi connectivity index (χ4v) is 3.62. The Morgan fingerprint density at radius 1 is 0.947 bits per heavy atom. The molecule has 2 rings (SSSR count). The van der Waals surface area contributed by atoms with Gasteiger partial charge in [0.15, 0.2) is 0 Å². The van der Waals surface area contributed by atoms with Gasteiger partial charge in [-0.25, -0.2) is 4.79 Å². The van der Waals surface area contributed by atoms with Crippen LogP contribution in [0.25, 0.3) is 0 Å². The minimum absolute atomic E-state index is 0.0612.